The SMILES string of the molecule is NCCn1ccc2sncc2c1=O. The highest BCUT2D eigenvalue weighted by atomic mass is 32.1. The zero-order chi connectivity index (χ0) is 9.26. The molecule has 0 atom stereocenters. The predicted molar refractivity (Wildman–Crippen MR) is 52.9 cm³/mol. The molecule has 2 heterocycles. The fraction of sp³-hybridized carbons (Fsp3) is 0.250. The molecular weight excluding hydrogens is 186 g/mol. The van der Waals surface area contributed by atoms with Crippen molar-refractivity contribution in [3.8, 4) is 0 Å². The van der Waals surface area contributed by atoms with Gasteiger partial charge in [-0.05, 0) is 17.6 Å². The second-order valence-corrected chi connectivity index (χ2v) is 3.54. The van der Waals surface area contributed by atoms with E-state index in [9.17, 15) is 4.79 Å². The number of nitrogens with zero attached hydrogens (tertiary/aromatic N) is 2. The molecule has 0 amide bonds. The minimum Gasteiger partial charge on any atom is -0.329 e. The molecule has 0 spiro atoms. The summed E-state index contributed by atoms with van der Waals surface area (Å²) in [6.07, 6.45) is 3.37. The van der Waals surface area contributed by atoms with E-state index in [-0.39, 0.29) is 5.56 Å². The number of nitrogens with two attached hydrogens (primary N) is 1. The van der Waals surface area contributed by atoms with E-state index in [2.05, 4.69) is 4.37 Å². The number of pyridine rings is 1. The van der Waals surface area contributed by atoms with Crippen molar-refractivity contribution >= 4 is 21.6 Å². The van der Waals surface area contributed by atoms with Crippen molar-refractivity contribution in [1.82, 2.24) is 8.94 Å². The summed E-state index contributed by atoms with van der Waals surface area (Å²) in [6.45, 7) is 1.04. The maximum Gasteiger partial charge on any atom is 0.260 e. The van der Waals surface area contributed by atoms with E-state index >= 15 is 0 Å². The van der Waals surface area contributed by atoms with Crippen LogP contribution in [0.3, 0.4) is 0 Å². The number of hydrogen-bond acceptors (Lipinski definition) is 4. The number of fused-ring (bicyclic) bond motifs is 1. The lowest BCUT2D eigenvalue weighted by molar-refractivity contribution is 0.687. The standard InChI is InChI=1S/C8H9N3OS/c9-2-4-11-3-1-7-6(8(11)12)5-10-13-7/h1,3,5H,2,4,9H2. The van der Waals surface area contributed by atoms with Crippen molar-refractivity contribution in [2.24, 2.45) is 5.73 Å². The van der Waals surface area contributed by atoms with Crippen molar-refractivity contribution < 1.29 is 0 Å². The third kappa shape index (κ3) is 1.36. The van der Waals surface area contributed by atoms with E-state index in [0.29, 0.717) is 18.5 Å². The maximum absolute atomic E-state index is 11.7. The van der Waals surface area contributed by atoms with Gasteiger partial charge in [-0.2, -0.15) is 4.37 Å². The lowest BCUT2D eigenvalue weighted by Gasteiger charge is -2.01. The van der Waals surface area contributed by atoms with Crippen LogP contribution in [0.5, 0.6) is 0 Å². The summed E-state index contributed by atoms with van der Waals surface area (Å²) in [5.74, 6) is 0. The smallest absolute Gasteiger partial charge is 0.260 e. The van der Waals surface area contributed by atoms with Crippen molar-refractivity contribution in [2.75, 3.05) is 6.54 Å². The summed E-state index contributed by atoms with van der Waals surface area (Å²) >= 11 is 1.33. The van der Waals surface area contributed by atoms with Gasteiger partial charge >= 0.3 is 0 Å². The van der Waals surface area contributed by atoms with Crippen molar-refractivity contribution in [1.29, 1.82) is 0 Å². The zero-order valence-corrected chi connectivity index (χ0v) is 7.75. The molecule has 0 aliphatic rings. The molecule has 0 fully saturated rings. The first kappa shape index (κ1) is 8.40. The Hall–Kier alpha value is -1.20. The molecule has 2 N–H and O–H groups in total. The third-order valence-corrected chi connectivity index (χ3v) is 2.63. The molecule has 2 rings (SSSR count). The van der Waals surface area contributed by atoms with Crippen LogP contribution < -0.4 is 11.3 Å². The molecular formula is C8H9N3OS. The zero-order valence-electron chi connectivity index (χ0n) is 6.93. The van der Waals surface area contributed by atoms with E-state index in [1.807, 2.05) is 6.07 Å². The Morgan fingerprint density at radius 2 is 2.46 bits per heavy atom. The summed E-state index contributed by atoms with van der Waals surface area (Å²) < 4.78 is 6.50. The van der Waals surface area contributed by atoms with Crippen molar-refractivity contribution in [3.05, 3.63) is 28.8 Å². The van der Waals surface area contributed by atoms with Crippen LogP contribution in [-0.2, 0) is 6.54 Å². The highest BCUT2D eigenvalue weighted by Gasteiger charge is 2.02. The third-order valence-electron chi connectivity index (χ3n) is 1.87. The van der Waals surface area contributed by atoms with Gasteiger partial charge in [0.25, 0.3) is 5.56 Å². The van der Waals surface area contributed by atoms with Gasteiger partial charge in [-0.15, -0.1) is 0 Å². The van der Waals surface area contributed by atoms with Gasteiger partial charge in [0.05, 0.1) is 16.3 Å². The fourth-order valence-corrected chi connectivity index (χ4v) is 1.86. The van der Waals surface area contributed by atoms with Crippen LogP contribution in [0, 0.1) is 0 Å². The predicted octanol–water partition coefficient (Wildman–Crippen LogP) is 0.417. The Labute approximate surface area is 78.8 Å². The first-order chi connectivity index (χ1) is 6.33. The van der Waals surface area contributed by atoms with Crippen LogP contribution in [0.2, 0.25) is 0 Å². The molecule has 13 heavy (non-hydrogen) atoms. The van der Waals surface area contributed by atoms with Crippen LogP contribution in [0.25, 0.3) is 10.1 Å². The molecule has 5 heteroatoms. The monoisotopic (exact) mass is 195 g/mol. The van der Waals surface area contributed by atoms with Gasteiger partial charge in [-0.3, -0.25) is 4.79 Å². The van der Waals surface area contributed by atoms with Crippen molar-refractivity contribution in [2.45, 2.75) is 6.54 Å². The van der Waals surface area contributed by atoms with E-state index in [4.69, 9.17) is 5.73 Å². The Kier molecular flexibility index (Phi) is 2.12. The number of hydrogen-bond donors (Lipinski definition) is 1. The van der Waals surface area contributed by atoms with Gasteiger partial charge in [0.2, 0.25) is 0 Å². The minimum atomic E-state index is -0.00306. The van der Waals surface area contributed by atoms with Crippen molar-refractivity contribution in [3.63, 3.8) is 0 Å². The molecule has 0 aromatic carbocycles. The second-order valence-electron chi connectivity index (χ2n) is 2.71. The molecule has 2 aromatic rings. The highest BCUT2D eigenvalue weighted by molar-refractivity contribution is 7.13. The topological polar surface area (TPSA) is 60.9 Å². The Balaban J connectivity index is 2.67. The van der Waals surface area contributed by atoms with Gasteiger partial charge in [0, 0.05) is 19.3 Å². The van der Waals surface area contributed by atoms with E-state index in [0.717, 1.165) is 4.70 Å². The normalized spacial score (nSPS) is 10.8. The lowest BCUT2D eigenvalue weighted by Crippen LogP contribution is -2.22. The summed E-state index contributed by atoms with van der Waals surface area (Å²) in [6, 6.07) is 1.89. The van der Waals surface area contributed by atoms with Crippen LogP contribution >= 0.6 is 11.5 Å². The summed E-state index contributed by atoms with van der Waals surface area (Å²) in [7, 11) is 0. The van der Waals surface area contributed by atoms with E-state index < -0.39 is 0 Å². The molecule has 68 valence electrons. The fourth-order valence-electron chi connectivity index (χ4n) is 1.22. The second kappa shape index (κ2) is 3.27. The number of rotatable bonds is 2. The molecule has 0 unspecified atom stereocenters. The first-order valence-corrected chi connectivity index (χ1v) is 4.74. The molecule has 0 aliphatic heterocycles. The van der Waals surface area contributed by atoms with E-state index in [1.165, 1.54) is 11.5 Å². The first-order valence-electron chi connectivity index (χ1n) is 3.97. The Morgan fingerprint density at radius 1 is 1.62 bits per heavy atom. The molecule has 0 saturated heterocycles. The maximum atomic E-state index is 11.7. The van der Waals surface area contributed by atoms with Gasteiger partial charge in [-0.1, -0.05) is 0 Å². The molecule has 4 nitrogen and oxygen atoms in total. The van der Waals surface area contributed by atoms with Gasteiger partial charge in [0.15, 0.2) is 0 Å². The summed E-state index contributed by atoms with van der Waals surface area (Å²) in [4.78, 5) is 11.7. The molecule has 0 radical (unpaired) electrons. The largest absolute Gasteiger partial charge is 0.329 e. The summed E-state index contributed by atoms with van der Waals surface area (Å²) in [5, 5.41) is 0.681. The quantitative estimate of drug-likeness (QED) is 0.755. The van der Waals surface area contributed by atoms with Gasteiger partial charge < -0.3 is 10.3 Å². The minimum absolute atomic E-state index is 0.00306. The summed E-state index contributed by atoms with van der Waals surface area (Å²) in [5.41, 5.74) is 5.37. The molecule has 0 saturated carbocycles. The van der Waals surface area contributed by atoms with Crippen LogP contribution in [-0.4, -0.2) is 15.5 Å². The molecule has 0 aliphatic carbocycles. The molecule has 2 aromatic heterocycles. The highest BCUT2D eigenvalue weighted by Crippen LogP contribution is 2.12. The average Bonchev–Trinajstić information content (AvgIpc) is 2.58. The Bertz CT molecular complexity index is 473. The average molecular weight is 195 g/mol. The van der Waals surface area contributed by atoms with Gasteiger partial charge in [-0.25, -0.2) is 0 Å². The molecule has 0 bridgehead atoms. The van der Waals surface area contributed by atoms with Crippen LogP contribution in [0.4, 0.5) is 0 Å². The Morgan fingerprint density at radius 3 is 3.23 bits per heavy atom. The number of aromatic nitrogens is 2. The van der Waals surface area contributed by atoms with E-state index in [1.54, 1.807) is 17.0 Å². The van der Waals surface area contributed by atoms with Crippen LogP contribution in [0.15, 0.2) is 23.3 Å². The lowest BCUT2D eigenvalue weighted by atomic mass is 10.3. The van der Waals surface area contributed by atoms with Crippen LogP contribution in [0.1, 0.15) is 0 Å². The van der Waals surface area contributed by atoms with Gasteiger partial charge in [0.1, 0.15) is 0 Å².